The Labute approximate surface area is 154 Å². The fourth-order valence-corrected chi connectivity index (χ4v) is 3.54. The number of hydrogen-bond donors (Lipinski definition) is 1. The number of benzene rings is 2. The van der Waals surface area contributed by atoms with Gasteiger partial charge in [-0.15, -0.1) is 0 Å². The van der Waals surface area contributed by atoms with Crippen LogP contribution in [0.5, 0.6) is 5.75 Å². The van der Waals surface area contributed by atoms with Crippen LogP contribution >= 0.6 is 0 Å². The molecule has 1 aliphatic heterocycles. The Balaban J connectivity index is 1.62. The highest BCUT2D eigenvalue weighted by molar-refractivity contribution is 7.83. The third-order valence-electron chi connectivity index (χ3n) is 3.99. The van der Waals surface area contributed by atoms with E-state index in [-0.39, 0.29) is 18.5 Å². The molecule has 0 saturated carbocycles. The topological polar surface area (TPSA) is 64.6 Å². The Morgan fingerprint density at radius 1 is 1.31 bits per heavy atom. The Morgan fingerprint density at radius 3 is 2.96 bits per heavy atom. The molecule has 5 nitrogen and oxygen atoms in total. The van der Waals surface area contributed by atoms with Crippen LogP contribution in [0.15, 0.2) is 36.4 Å². The van der Waals surface area contributed by atoms with Crippen molar-refractivity contribution in [3.8, 4) is 5.75 Å². The standard InChI is InChI=1S/C19H20FNO4S/c1-26(23)11-13-3-2-4-15(7-13)19(22)21-6-5-14-8-17(20)9-16-10-24-12-25-18(14)16/h2-4,7-9H,5-6,10-12H2,1H3,(H,21,22)/t26-/m1/s1. The van der Waals surface area contributed by atoms with E-state index in [0.29, 0.717) is 47.8 Å². The van der Waals surface area contributed by atoms with E-state index >= 15 is 0 Å². The lowest BCUT2D eigenvalue weighted by Crippen LogP contribution is -2.26. The van der Waals surface area contributed by atoms with E-state index in [9.17, 15) is 13.4 Å². The van der Waals surface area contributed by atoms with Gasteiger partial charge in [-0.25, -0.2) is 4.39 Å². The number of fused-ring (bicyclic) bond motifs is 1. The number of hydrogen-bond acceptors (Lipinski definition) is 4. The van der Waals surface area contributed by atoms with Gasteiger partial charge in [-0.05, 0) is 41.8 Å². The normalized spacial score (nSPS) is 14.2. The number of rotatable bonds is 6. The van der Waals surface area contributed by atoms with Gasteiger partial charge in [0.1, 0.15) is 11.6 Å². The molecule has 0 spiro atoms. The molecule has 1 aliphatic rings. The van der Waals surface area contributed by atoms with E-state index in [0.717, 1.165) is 5.56 Å². The minimum Gasteiger partial charge on any atom is -0.467 e. The predicted molar refractivity (Wildman–Crippen MR) is 96.9 cm³/mol. The van der Waals surface area contributed by atoms with Gasteiger partial charge < -0.3 is 14.8 Å². The highest BCUT2D eigenvalue weighted by atomic mass is 32.2. The Hall–Kier alpha value is -2.25. The second-order valence-electron chi connectivity index (χ2n) is 6.09. The van der Waals surface area contributed by atoms with Crippen molar-refractivity contribution < 1.29 is 22.9 Å². The second kappa shape index (κ2) is 8.42. The van der Waals surface area contributed by atoms with Crippen molar-refractivity contribution >= 4 is 16.7 Å². The fourth-order valence-electron chi connectivity index (χ4n) is 2.89. The van der Waals surface area contributed by atoms with Crippen LogP contribution in [-0.2, 0) is 34.3 Å². The molecule has 2 aromatic rings. The quantitative estimate of drug-likeness (QED) is 0.840. The third-order valence-corrected chi connectivity index (χ3v) is 4.73. The number of ether oxygens (including phenoxy) is 2. The fraction of sp³-hybridized carbons (Fsp3) is 0.316. The molecule has 0 saturated heterocycles. The van der Waals surface area contributed by atoms with Gasteiger partial charge in [0, 0.05) is 40.5 Å². The van der Waals surface area contributed by atoms with Crippen LogP contribution in [0, 0.1) is 5.82 Å². The Kier molecular flexibility index (Phi) is 6.00. The lowest BCUT2D eigenvalue weighted by atomic mass is 10.1. The average Bonchev–Trinajstić information content (AvgIpc) is 2.61. The van der Waals surface area contributed by atoms with Gasteiger partial charge in [-0.1, -0.05) is 12.1 Å². The summed E-state index contributed by atoms with van der Waals surface area (Å²) in [4.78, 5) is 12.3. The lowest BCUT2D eigenvalue weighted by Gasteiger charge is -2.21. The summed E-state index contributed by atoms with van der Waals surface area (Å²) >= 11 is 0. The molecule has 0 aliphatic carbocycles. The van der Waals surface area contributed by atoms with E-state index < -0.39 is 10.8 Å². The summed E-state index contributed by atoms with van der Waals surface area (Å²) < 4.78 is 35.7. The van der Waals surface area contributed by atoms with Crippen LogP contribution in [0.25, 0.3) is 0 Å². The molecule has 7 heteroatoms. The molecule has 26 heavy (non-hydrogen) atoms. The molecule has 3 rings (SSSR count). The maximum absolute atomic E-state index is 13.7. The highest BCUT2D eigenvalue weighted by Gasteiger charge is 2.17. The van der Waals surface area contributed by atoms with Crippen molar-refractivity contribution in [3.05, 3.63) is 64.5 Å². The zero-order chi connectivity index (χ0) is 18.5. The van der Waals surface area contributed by atoms with Crippen LogP contribution in [0.1, 0.15) is 27.0 Å². The van der Waals surface area contributed by atoms with Crippen LogP contribution in [0.2, 0.25) is 0 Å². The monoisotopic (exact) mass is 377 g/mol. The van der Waals surface area contributed by atoms with Gasteiger partial charge in [-0.2, -0.15) is 0 Å². The number of halogens is 1. The third kappa shape index (κ3) is 4.68. The maximum Gasteiger partial charge on any atom is 0.251 e. The summed E-state index contributed by atoms with van der Waals surface area (Å²) in [6.07, 6.45) is 2.07. The molecule has 1 heterocycles. The Bertz CT molecular complexity index is 840. The molecular weight excluding hydrogens is 357 g/mol. The molecule has 2 aromatic carbocycles. The van der Waals surface area contributed by atoms with Crippen molar-refractivity contribution in [1.29, 1.82) is 0 Å². The van der Waals surface area contributed by atoms with Gasteiger partial charge in [0.15, 0.2) is 6.79 Å². The SMILES string of the molecule is C[S@@](=O)Cc1cccc(C(=O)NCCc2cc(F)cc3c2OCOC3)c1. The van der Waals surface area contributed by atoms with E-state index in [1.54, 1.807) is 24.5 Å². The summed E-state index contributed by atoms with van der Waals surface area (Å²) in [6, 6.07) is 9.89. The minimum atomic E-state index is -0.963. The van der Waals surface area contributed by atoms with Gasteiger partial charge >= 0.3 is 0 Å². The van der Waals surface area contributed by atoms with E-state index in [1.165, 1.54) is 12.1 Å². The van der Waals surface area contributed by atoms with Crippen molar-refractivity contribution in [2.75, 3.05) is 19.6 Å². The van der Waals surface area contributed by atoms with Crippen molar-refractivity contribution in [2.24, 2.45) is 0 Å². The number of nitrogens with one attached hydrogen (secondary N) is 1. The molecule has 138 valence electrons. The van der Waals surface area contributed by atoms with Gasteiger partial charge in [0.2, 0.25) is 0 Å². The predicted octanol–water partition coefficient (Wildman–Crippen LogP) is 2.54. The summed E-state index contributed by atoms with van der Waals surface area (Å²) in [5.41, 5.74) is 2.75. The summed E-state index contributed by atoms with van der Waals surface area (Å²) in [5.74, 6) is 0.484. The van der Waals surface area contributed by atoms with Crippen molar-refractivity contribution in [3.63, 3.8) is 0 Å². The van der Waals surface area contributed by atoms with E-state index in [2.05, 4.69) is 5.32 Å². The first-order valence-corrected chi connectivity index (χ1v) is 9.94. The van der Waals surface area contributed by atoms with Gasteiger partial charge in [-0.3, -0.25) is 9.00 Å². The van der Waals surface area contributed by atoms with E-state index in [1.807, 2.05) is 6.07 Å². The zero-order valence-electron chi connectivity index (χ0n) is 14.4. The first-order valence-electron chi connectivity index (χ1n) is 8.22. The Morgan fingerprint density at radius 2 is 2.15 bits per heavy atom. The first kappa shape index (κ1) is 18.5. The highest BCUT2D eigenvalue weighted by Crippen LogP contribution is 2.29. The number of carbonyl (C=O) groups excluding carboxylic acids is 1. The second-order valence-corrected chi connectivity index (χ2v) is 7.52. The summed E-state index contributed by atoms with van der Waals surface area (Å²) in [7, 11) is -0.963. The van der Waals surface area contributed by atoms with Crippen LogP contribution < -0.4 is 10.1 Å². The lowest BCUT2D eigenvalue weighted by molar-refractivity contribution is -0.0172. The number of amides is 1. The minimum absolute atomic E-state index is 0.142. The van der Waals surface area contributed by atoms with Crippen LogP contribution in [0.3, 0.4) is 0 Å². The summed E-state index contributed by atoms with van der Waals surface area (Å²) in [6.45, 7) is 0.810. The smallest absolute Gasteiger partial charge is 0.251 e. The van der Waals surface area contributed by atoms with Crippen LogP contribution in [-0.4, -0.2) is 29.7 Å². The largest absolute Gasteiger partial charge is 0.467 e. The summed E-state index contributed by atoms with van der Waals surface area (Å²) in [5, 5.41) is 2.83. The molecule has 1 atom stereocenters. The molecular formula is C19H20FNO4S. The van der Waals surface area contributed by atoms with Crippen molar-refractivity contribution in [2.45, 2.75) is 18.8 Å². The molecule has 0 fully saturated rings. The van der Waals surface area contributed by atoms with Gasteiger partial charge in [0.25, 0.3) is 5.91 Å². The average molecular weight is 377 g/mol. The first-order chi connectivity index (χ1) is 12.5. The maximum atomic E-state index is 13.7. The molecule has 1 amide bonds. The zero-order valence-corrected chi connectivity index (χ0v) is 15.2. The molecule has 0 radical (unpaired) electrons. The van der Waals surface area contributed by atoms with Crippen LogP contribution in [0.4, 0.5) is 4.39 Å². The van der Waals surface area contributed by atoms with Crippen molar-refractivity contribution in [1.82, 2.24) is 5.32 Å². The number of carbonyl (C=O) groups is 1. The van der Waals surface area contributed by atoms with Gasteiger partial charge in [0.05, 0.1) is 6.61 Å². The molecule has 1 N–H and O–H groups in total. The van der Waals surface area contributed by atoms with E-state index in [4.69, 9.17) is 9.47 Å². The molecule has 0 bridgehead atoms. The molecule has 0 aromatic heterocycles. The molecule has 0 unspecified atom stereocenters.